The molecule has 1 aromatic rings. The molecule has 0 radical (unpaired) electrons. The molecule has 0 aromatic heterocycles. The minimum absolute atomic E-state index is 0.0671. The molecular formula is C14H20FNO2. The van der Waals surface area contributed by atoms with Crippen molar-refractivity contribution < 1.29 is 14.2 Å². The normalized spacial score (nSPS) is 19.8. The largest absolute Gasteiger partial charge is 0.394 e. The molecule has 1 heterocycles. The van der Waals surface area contributed by atoms with Crippen LogP contribution >= 0.6 is 0 Å². The summed E-state index contributed by atoms with van der Waals surface area (Å²) in [5, 5.41) is 8.64. The lowest BCUT2D eigenvalue weighted by atomic mass is 9.93. The second-order valence-electron chi connectivity index (χ2n) is 4.64. The Morgan fingerprint density at radius 2 is 2.28 bits per heavy atom. The van der Waals surface area contributed by atoms with Gasteiger partial charge in [-0.15, -0.1) is 0 Å². The minimum atomic E-state index is -0.152. The van der Waals surface area contributed by atoms with E-state index in [9.17, 15) is 4.39 Å². The van der Waals surface area contributed by atoms with Crippen molar-refractivity contribution in [2.45, 2.75) is 19.4 Å². The molecule has 4 heteroatoms. The van der Waals surface area contributed by atoms with Crippen LogP contribution in [0.4, 0.5) is 4.39 Å². The second-order valence-corrected chi connectivity index (χ2v) is 4.64. The van der Waals surface area contributed by atoms with Gasteiger partial charge in [0.1, 0.15) is 5.82 Å². The first-order valence-electron chi connectivity index (χ1n) is 6.43. The third-order valence-corrected chi connectivity index (χ3v) is 3.53. The van der Waals surface area contributed by atoms with Crippen molar-refractivity contribution in [3.8, 4) is 0 Å². The summed E-state index contributed by atoms with van der Waals surface area (Å²) in [6, 6.07) is 5.36. The Hall–Kier alpha value is -0.970. The van der Waals surface area contributed by atoms with Gasteiger partial charge in [0, 0.05) is 19.1 Å². The summed E-state index contributed by atoms with van der Waals surface area (Å²) < 4.78 is 18.4. The van der Waals surface area contributed by atoms with Crippen molar-refractivity contribution in [2.24, 2.45) is 0 Å². The molecule has 0 amide bonds. The lowest BCUT2D eigenvalue weighted by Crippen LogP contribution is -2.36. The monoisotopic (exact) mass is 253 g/mol. The number of benzene rings is 1. The quantitative estimate of drug-likeness (QED) is 0.812. The highest BCUT2D eigenvalue weighted by molar-refractivity contribution is 5.32. The lowest BCUT2D eigenvalue weighted by Gasteiger charge is -2.35. The zero-order valence-electron chi connectivity index (χ0n) is 10.7. The van der Waals surface area contributed by atoms with Crippen LogP contribution in [0.2, 0.25) is 0 Å². The van der Waals surface area contributed by atoms with Crippen LogP contribution in [-0.2, 0) is 11.2 Å². The number of aliphatic hydroxyl groups excluding tert-OH is 1. The Balaban J connectivity index is 1.95. The van der Waals surface area contributed by atoms with Crippen LogP contribution in [0.3, 0.4) is 0 Å². The second kappa shape index (κ2) is 6.27. The van der Waals surface area contributed by atoms with E-state index < -0.39 is 0 Å². The number of nitrogens with zero attached hydrogens (tertiary/aromatic N) is 1. The van der Waals surface area contributed by atoms with Crippen molar-refractivity contribution in [3.63, 3.8) is 0 Å². The van der Waals surface area contributed by atoms with E-state index in [1.165, 1.54) is 11.6 Å². The Kier molecular flexibility index (Phi) is 4.69. The Morgan fingerprint density at radius 1 is 1.44 bits per heavy atom. The molecule has 0 bridgehead atoms. The fourth-order valence-electron chi connectivity index (χ4n) is 2.51. The first-order chi connectivity index (χ1) is 8.72. The van der Waals surface area contributed by atoms with Gasteiger partial charge in [-0.1, -0.05) is 6.07 Å². The highest BCUT2D eigenvalue weighted by Gasteiger charge is 2.23. The molecule has 1 aliphatic rings. The fourth-order valence-corrected chi connectivity index (χ4v) is 2.51. The first-order valence-corrected chi connectivity index (χ1v) is 6.43. The third kappa shape index (κ3) is 3.07. The summed E-state index contributed by atoms with van der Waals surface area (Å²) in [5.74, 6) is -0.152. The number of ether oxygens (including phenoxy) is 1. The third-order valence-electron chi connectivity index (χ3n) is 3.53. The number of hydrogen-bond acceptors (Lipinski definition) is 3. The average molecular weight is 253 g/mol. The predicted octanol–water partition coefficient (Wildman–Crippen LogP) is 1.75. The van der Waals surface area contributed by atoms with Gasteiger partial charge in [0.15, 0.2) is 0 Å². The van der Waals surface area contributed by atoms with Crippen LogP contribution in [0, 0.1) is 5.82 Å². The molecule has 0 aliphatic carbocycles. The molecule has 3 nitrogen and oxygen atoms in total. The molecule has 0 spiro atoms. The maximum absolute atomic E-state index is 13.1. The highest BCUT2D eigenvalue weighted by atomic mass is 19.1. The SMILES string of the molecule is CC1c2ccc(F)cc2CCN1CCOCCO. The number of rotatable bonds is 5. The van der Waals surface area contributed by atoms with E-state index in [4.69, 9.17) is 9.84 Å². The van der Waals surface area contributed by atoms with E-state index in [0.29, 0.717) is 19.3 Å². The van der Waals surface area contributed by atoms with Gasteiger partial charge in [-0.25, -0.2) is 4.39 Å². The molecule has 1 atom stereocenters. The maximum Gasteiger partial charge on any atom is 0.123 e. The summed E-state index contributed by atoms with van der Waals surface area (Å²) >= 11 is 0. The minimum Gasteiger partial charge on any atom is -0.394 e. The van der Waals surface area contributed by atoms with Gasteiger partial charge >= 0.3 is 0 Å². The first kappa shape index (κ1) is 13.5. The number of aliphatic hydroxyl groups is 1. The molecule has 100 valence electrons. The predicted molar refractivity (Wildman–Crippen MR) is 68.0 cm³/mol. The van der Waals surface area contributed by atoms with Gasteiger partial charge in [-0.2, -0.15) is 0 Å². The van der Waals surface area contributed by atoms with Crippen LogP contribution in [0.25, 0.3) is 0 Å². The molecule has 0 saturated carbocycles. The van der Waals surface area contributed by atoms with E-state index in [1.807, 2.05) is 6.07 Å². The van der Waals surface area contributed by atoms with E-state index in [1.54, 1.807) is 6.07 Å². The standard InChI is InChI=1S/C14H20FNO2/c1-11-14-3-2-13(15)10-12(14)4-5-16(11)6-8-18-9-7-17/h2-3,10-11,17H,4-9H2,1H3. The van der Waals surface area contributed by atoms with Gasteiger partial charge in [0.2, 0.25) is 0 Å². The smallest absolute Gasteiger partial charge is 0.123 e. The van der Waals surface area contributed by atoms with Crippen LogP contribution in [0.15, 0.2) is 18.2 Å². The Labute approximate surface area is 107 Å². The van der Waals surface area contributed by atoms with Crippen molar-refractivity contribution >= 4 is 0 Å². The molecule has 0 saturated heterocycles. The Morgan fingerprint density at radius 3 is 3.06 bits per heavy atom. The zero-order valence-corrected chi connectivity index (χ0v) is 10.7. The van der Waals surface area contributed by atoms with E-state index in [2.05, 4.69) is 11.8 Å². The summed E-state index contributed by atoms with van der Waals surface area (Å²) in [7, 11) is 0. The van der Waals surface area contributed by atoms with Gasteiger partial charge in [-0.3, -0.25) is 4.90 Å². The Bertz CT molecular complexity index is 397. The van der Waals surface area contributed by atoms with Crippen LogP contribution in [-0.4, -0.2) is 42.9 Å². The number of halogens is 1. The molecule has 1 unspecified atom stereocenters. The molecule has 18 heavy (non-hydrogen) atoms. The van der Waals surface area contributed by atoms with Crippen LogP contribution in [0.5, 0.6) is 0 Å². The van der Waals surface area contributed by atoms with E-state index in [0.717, 1.165) is 25.1 Å². The van der Waals surface area contributed by atoms with Gasteiger partial charge < -0.3 is 9.84 Å². The van der Waals surface area contributed by atoms with Gasteiger partial charge in [0.05, 0.1) is 19.8 Å². The summed E-state index contributed by atoms with van der Waals surface area (Å²) in [6.07, 6.45) is 0.886. The molecule has 1 N–H and O–H groups in total. The molecule has 1 aromatic carbocycles. The maximum atomic E-state index is 13.1. The average Bonchev–Trinajstić information content (AvgIpc) is 2.37. The van der Waals surface area contributed by atoms with Gasteiger partial charge in [0.25, 0.3) is 0 Å². The van der Waals surface area contributed by atoms with Gasteiger partial charge in [-0.05, 0) is 36.6 Å². The fraction of sp³-hybridized carbons (Fsp3) is 0.571. The van der Waals surface area contributed by atoms with Crippen molar-refractivity contribution in [3.05, 3.63) is 35.1 Å². The van der Waals surface area contributed by atoms with E-state index >= 15 is 0 Å². The summed E-state index contributed by atoms with van der Waals surface area (Å²) in [5.41, 5.74) is 2.33. The van der Waals surface area contributed by atoms with Crippen LogP contribution < -0.4 is 0 Å². The van der Waals surface area contributed by atoms with Crippen LogP contribution in [0.1, 0.15) is 24.1 Å². The molecule has 1 aliphatic heterocycles. The lowest BCUT2D eigenvalue weighted by molar-refractivity contribution is 0.0628. The molecular weight excluding hydrogens is 233 g/mol. The zero-order chi connectivity index (χ0) is 13.0. The molecule has 0 fully saturated rings. The number of fused-ring (bicyclic) bond motifs is 1. The molecule has 2 rings (SSSR count). The van der Waals surface area contributed by atoms with Crippen molar-refractivity contribution in [2.75, 3.05) is 32.9 Å². The van der Waals surface area contributed by atoms with E-state index in [-0.39, 0.29) is 12.4 Å². The summed E-state index contributed by atoms with van der Waals surface area (Å²) in [6.45, 7) is 5.00. The van der Waals surface area contributed by atoms with Crippen molar-refractivity contribution in [1.29, 1.82) is 0 Å². The topological polar surface area (TPSA) is 32.7 Å². The summed E-state index contributed by atoms with van der Waals surface area (Å²) in [4.78, 5) is 2.33. The van der Waals surface area contributed by atoms with Crippen molar-refractivity contribution in [1.82, 2.24) is 4.90 Å². The highest BCUT2D eigenvalue weighted by Crippen LogP contribution is 2.29. The number of hydrogen-bond donors (Lipinski definition) is 1.